The van der Waals surface area contributed by atoms with E-state index in [-0.39, 0.29) is 11.8 Å². The van der Waals surface area contributed by atoms with E-state index in [1.54, 1.807) is 24.5 Å². The Kier molecular flexibility index (Phi) is 9.29. The van der Waals surface area contributed by atoms with Crippen LogP contribution in [0.25, 0.3) is 21.9 Å². The number of rotatable bonds is 7. The molecule has 0 spiro atoms. The Morgan fingerprint density at radius 2 is 1.73 bits per heavy atom. The van der Waals surface area contributed by atoms with Crippen molar-refractivity contribution >= 4 is 39.4 Å². The molecule has 0 radical (unpaired) electrons. The summed E-state index contributed by atoms with van der Waals surface area (Å²) in [7, 11) is 0. The molecule has 2 fully saturated rings. The van der Waals surface area contributed by atoms with E-state index >= 15 is 0 Å². The standard InChI is InChI=1S/C18H12ClNO4.C12H25N3O/c19-11-4-5-17-12(6-11)10(9-24-17)8-23-16-3-1-2-14-13(16)7-15(20-14)18(21)22;13-11-1-5-14(6-2-11)9-10-15-7-3-12(16)4-8-15/h1-7,9,20H,8H2,(H,21,22);11-12,16H,1-10,13H2. The van der Waals surface area contributed by atoms with Crippen LogP contribution >= 0.6 is 11.6 Å². The first-order valence-electron chi connectivity index (χ1n) is 13.9. The van der Waals surface area contributed by atoms with Gasteiger partial charge in [0.2, 0.25) is 0 Å². The van der Waals surface area contributed by atoms with Gasteiger partial charge in [0.25, 0.3) is 0 Å². The lowest BCUT2D eigenvalue weighted by atomic mass is 10.1. The highest BCUT2D eigenvalue weighted by Crippen LogP contribution is 2.29. The molecule has 4 heterocycles. The Morgan fingerprint density at radius 3 is 2.42 bits per heavy atom. The van der Waals surface area contributed by atoms with Gasteiger partial charge < -0.3 is 39.9 Å². The number of benzene rings is 2. The number of aromatic nitrogens is 1. The number of aromatic carboxylic acids is 1. The fourth-order valence-electron chi connectivity index (χ4n) is 5.29. The highest BCUT2D eigenvalue weighted by molar-refractivity contribution is 6.31. The number of fused-ring (bicyclic) bond motifs is 2. The monoisotopic (exact) mass is 568 g/mol. The van der Waals surface area contributed by atoms with Crippen LogP contribution in [0, 0.1) is 0 Å². The number of hydrogen-bond acceptors (Lipinski definition) is 7. The molecule has 2 saturated heterocycles. The van der Waals surface area contributed by atoms with Gasteiger partial charge in [-0.15, -0.1) is 0 Å². The molecule has 2 aliphatic heterocycles. The van der Waals surface area contributed by atoms with Crippen molar-refractivity contribution in [3.8, 4) is 5.75 Å². The number of carboxylic acids is 1. The molecule has 214 valence electrons. The number of carboxylic acid groups (broad SMARTS) is 1. The van der Waals surface area contributed by atoms with Crippen molar-refractivity contribution in [1.82, 2.24) is 14.8 Å². The summed E-state index contributed by atoms with van der Waals surface area (Å²) in [5, 5.41) is 20.8. The fourth-order valence-corrected chi connectivity index (χ4v) is 5.46. The molecule has 0 bridgehead atoms. The molecule has 6 rings (SSSR count). The first kappa shape index (κ1) is 28.4. The van der Waals surface area contributed by atoms with Crippen LogP contribution in [0.15, 0.2) is 53.1 Å². The van der Waals surface area contributed by atoms with Crippen LogP contribution in [0.2, 0.25) is 5.02 Å². The third-order valence-corrected chi connectivity index (χ3v) is 8.01. The van der Waals surface area contributed by atoms with E-state index in [0.29, 0.717) is 28.9 Å². The van der Waals surface area contributed by atoms with Crippen LogP contribution in [-0.4, -0.2) is 82.4 Å². The lowest BCUT2D eigenvalue weighted by Crippen LogP contribution is -2.45. The highest BCUT2D eigenvalue weighted by atomic mass is 35.5. The lowest BCUT2D eigenvalue weighted by Gasteiger charge is -2.34. The number of nitrogens with zero attached hydrogens (tertiary/aromatic N) is 2. The van der Waals surface area contributed by atoms with E-state index in [0.717, 1.165) is 80.3 Å². The molecular weight excluding hydrogens is 532 g/mol. The molecule has 0 amide bonds. The van der Waals surface area contributed by atoms with Gasteiger partial charge in [0, 0.05) is 59.1 Å². The van der Waals surface area contributed by atoms with Gasteiger partial charge in [0.15, 0.2) is 0 Å². The summed E-state index contributed by atoms with van der Waals surface area (Å²) in [6.45, 7) is 7.07. The summed E-state index contributed by atoms with van der Waals surface area (Å²) in [6, 6.07) is 12.8. The molecule has 10 heteroatoms. The second-order valence-corrected chi connectivity index (χ2v) is 11.1. The Bertz CT molecular complexity index is 1400. The van der Waals surface area contributed by atoms with Crippen molar-refractivity contribution in [2.75, 3.05) is 39.3 Å². The van der Waals surface area contributed by atoms with Gasteiger partial charge in [-0.3, -0.25) is 0 Å². The lowest BCUT2D eigenvalue weighted by molar-refractivity contribution is 0.0691. The maximum atomic E-state index is 11.1. The minimum Gasteiger partial charge on any atom is -0.488 e. The van der Waals surface area contributed by atoms with Gasteiger partial charge in [-0.05, 0) is 75.2 Å². The van der Waals surface area contributed by atoms with E-state index in [1.807, 2.05) is 24.3 Å². The minimum atomic E-state index is -1.01. The molecule has 0 aliphatic carbocycles. The maximum absolute atomic E-state index is 11.1. The van der Waals surface area contributed by atoms with Crippen molar-refractivity contribution < 1.29 is 24.2 Å². The largest absolute Gasteiger partial charge is 0.488 e. The van der Waals surface area contributed by atoms with Gasteiger partial charge >= 0.3 is 5.97 Å². The zero-order chi connectivity index (χ0) is 28.1. The minimum absolute atomic E-state index is 0.0516. The number of aromatic amines is 1. The number of nitrogens with two attached hydrogens (primary N) is 1. The quantitative estimate of drug-likeness (QED) is 0.252. The number of piperidine rings is 2. The molecule has 0 saturated carbocycles. The van der Waals surface area contributed by atoms with Crippen LogP contribution in [0.3, 0.4) is 0 Å². The second kappa shape index (κ2) is 13.1. The van der Waals surface area contributed by atoms with Crippen molar-refractivity contribution in [3.63, 3.8) is 0 Å². The number of aliphatic hydroxyl groups excluding tert-OH is 1. The van der Waals surface area contributed by atoms with Gasteiger partial charge in [0.05, 0.1) is 12.4 Å². The molecule has 2 aromatic carbocycles. The highest BCUT2D eigenvalue weighted by Gasteiger charge is 2.19. The number of nitrogens with one attached hydrogen (secondary N) is 1. The summed E-state index contributed by atoms with van der Waals surface area (Å²) in [4.78, 5) is 19.0. The Labute approximate surface area is 238 Å². The van der Waals surface area contributed by atoms with Crippen LogP contribution in [0.5, 0.6) is 5.75 Å². The molecule has 40 heavy (non-hydrogen) atoms. The predicted octanol–water partition coefficient (Wildman–Crippen LogP) is 4.71. The topological polar surface area (TPSA) is 128 Å². The molecular formula is C30H37ClN4O5. The average Bonchev–Trinajstić information content (AvgIpc) is 3.57. The van der Waals surface area contributed by atoms with Crippen molar-refractivity contribution in [3.05, 3.63) is 65.0 Å². The third-order valence-electron chi connectivity index (χ3n) is 7.78. The number of H-pyrrole nitrogens is 1. The molecule has 5 N–H and O–H groups in total. The first-order valence-corrected chi connectivity index (χ1v) is 14.3. The Balaban J connectivity index is 0.000000176. The van der Waals surface area contributed by atoms with Gasteiger partial charge in [-0.25, -0.2) is 4.79 Å². The number of carbonyl (C=O) groups is 1. The zero-order valence-corrected chi connectivity index (χ0v) is 23.3. The van der Waals surface area contributed by atoms with Crippen LogP contribution < -0.4 is 10.5 Å². The second-order valence-electron chi connectivity index (χ2n) is 10.6. The maximum Gasteiger partial charge on any atom is 0.352 e. The number of halogens is 1. The molecule has 4 aromatic rings. The van der Waals surface area contributed by atoms with E-state index < -0.39 is 5.97 Å². The van der Waals surface area contributed by atoms with Crippen LogP contribution in [-0.2, 0) is 6.61 Å². The summed E-state index contributed by atoms with van der Waals surface area (Å²) in [5.41, 5.74) is 8.34. The summed E-state index contributed by atoms with van der Waals surface area (Å²) in [6.07, 6.45) is 5.79. The van der Waals surface area contributed by atoms with Gasteiger partial charge in [0.1, 0.15) is 23.6 Å². The first-order chi connectivity index (χ1) is 19.4. The molecule has 9 nitrogen and oxygen atoms in total. The van der Waals surface area contributed by atoms with E-state index in [2.05, 4.69) is 14.8 Å². The summed E-state index contributed by atoms with van der Waals surface area (Å²) >= 11 is 6.03. The average molecular weight is 569 g/mol. The number of furan rings is 1. The molecule has 2 aromatic heterocycles. The SMILES string of the molecule is NC1CCN(CCN2CCC(O)CC2)CC1.O=C(O)c1cc2c(OCc3coc4ccc(Cl)cc34)cccc2[nH]1. The van der Waals surface area contributed by atoms with Crippen molar-refractivity contribution in [2.24, 2.45) is 5.73 Å². The summed E-state index contributed by atoms with van der Waals surface area (Å²) < 4.78 is 11.4. The van der Waals surface area contributed by atoms with Gasteiger partial charge in [-0.1, -0.05) is 17.7 Å². The van der Waals surface area contributed by atoms with E-state index in [1.165, 1.54) is 6.54 Å². The molecule has 0 atom stereocenters. The molecule has 0 unspecified atom stereocenters. The normalized spacial score (nSPS) is 17.7. The van der Waals surface area contributed by atoms with Crippen molar-refractivity contribution in [1.29, 1.82) is 0 Å². The van der Waals surface area contributed by atoms with Crippen LogP contribution in [0.1, 0.15) is 41.7 Å². The number of aliphatic hydroxyl groups is 1. The van der Waals surface area contributed by atoms with Gasteiger partial charge in [-0.2, -0.15) is 0 Å². The fraction of sp³-hybridized carbons (Fsp3) is 0.433. The third kappa shape index (κ3) is 7.16. The number of likely N-dealkylation sites (tertiary alicyclic amines) is 2. The van der Waals surface area contributed by atoms with E-state index in [9.17, 15) is 9.90 Å². The van der Waals surface area contributed by atoms with E-state index in [4.69, 9.17) is 31.6 Å². The van der Waals surface area contributed by atoms with Crippen molar-refractivity contribution in [2.45, 2.75) is 44.4 Å². The summed E-state index contributed by atoms with van der Waals surface area (Å²) in [5.74, 6) is -0.403. The molecule has 2 aliphatic rings. The van der Waals surface area contributed by atoms with Crippen LogP contribution in [0.4, 0.5) is 0 Å². The number of ether oxygens (including phenoxy) is 1. The Hall–Kier alpha value is -3.08. The number of hydrogen-bond donors (Lipinski definition) is 4. The predicted molar refractivity (Wildman–Crippen MR) is 156 cm³/mol. The zero-order valence-electron chi connectivity index (χ0n) is 22.5. The smallest absolute Gasteiger partial charge is 0.352 e. The Morgan fingerprint density at radius 1 is 1.02 bits per heavy atom.